The zero-order valence-corrected chi connectivity index (χ0v) is 19.2. The van der Waals surface area contributed by atoms with Crippen molar-refractivity contribution in [2.75, 3.05) is 36.0 Å². The molecule has 0 unspecified atom stereocenters. The molecular weight excluding hydrogens is 439 g/mol. The molecule has 4 rings (SSSR count). The van der Waals surface area contributed by atoms with Gasteiger partial charge >= 0.3 is 0 Å². The van der Waals surface area contributed by atoms with Crippen molar-refractivity contribution in [1.29, 1.82) is 0 Å². The van der Waals surface area contributed by atoms with Crippen LogP contribution in [-0.4, -0.2) is 37.1 Å². The number of hydrogen-bond acceptors (Lipinski definition) is 4. The standard InChI is InChI=1S/C26H26ClFN4O/c1-19(30-26(33)11-9-20-8-10-22(27)18-24(20)28)21-5-4-6-23(17-21)31-13-15-32(16-14-31)25-7-2-3-12-29-25/h2-12,17-19H,13-16H2,1H3,(H,30,33)/b11-9+/t19-/m0/s1. The molecule has 1 fully saturated rings. The van der Waals surface area contributed by atoms with Crippen LogP contribution in [0.25, 0.3) is 6.08 Å². The molecule has 1 amide bonds. The monoisotopic (exact) mass is 464 g/mol. The maximum Gasteiger partial charge on any atom is 0.244 e. The summed E-state index contributed by atoms with van der Waals surface area (Å²) in [4.78, 5) is 21.4. The molecule has 3 aromatic rings. The van der Waals surface area contributed by atoms with Crippen molar-refractivity contribution in [1.82, 2.24) is 10.3 Å². The Labute approximate surface area is 198 Å². The van der Waals surface area contributed by atoms with Crippen LogP contribution in [0.1, 0.15) is 24.1 Å². The average Bonchev–Trinajstić information content (AvgIpc) is 2.84. The van der Waals surface area contributed by atoms with E-state index in [9.17, 15) is 9.18 Å². The van der Waals surface area contributed by atoms with Crippen molar-refractivity contribution >= 4 is 35.1 Å². The number of hydrogen-bond donors (Lipinski definition) is 1. The topological polar surface area (TPSA) is 48.5 Å². The molecule has 1 aromatic heterocycles. The van der Waals surface area contributed by atoms with Gasteiger partial charge in [0.2, 0.25) is 5.91 Å². The molecule has 5 nitrogen and oxygen atoms in total. The molecule has 2 aromatic carbocycles. The van der Waals surface area contributed by atoms with Gasteiger partial charge in [-0.15, -0.1) is 0 Å². The molecule has 1 atom stereocenters. The number of halogens is 2. The van der Waals surface area contributed by atoms with E-state index in [0.29, 0.717) is 10.6 Å². The van der Waals surface area contributed by atoms with E-state index in [-0.39, 0.29) is 11.9 Å². The lowest BCUT2D eigenvalue weighted by atomic mass is 10.1. The molecule has 0 spiro atoms. The fraction of sp³-hybridized carbons (Fsp3) is 0.231. The highest BCUT2D eigenvalue weighted by atomic mass is 35.5. The summed E-state index contributed by atoms with van der Waals surface area (Å²) in [6.45, 7) is 5.54. The van der Waals surface area contributed by atoms with Crippen molar-refractivity contribution in [2.45, 2.75) is 13.0 Å². The lowest BCUT2D eigenvalue weighted by Crippen LogP contribution is -2.46. The third kappa shape index (κ3) is 5.90. The van der Waals surface area contributed by atoms with Gasteiger partial charge in [-0.3, -0.25) is 4.79 Å². The number of anilines is 2. The Balaban J connectivity index is 1.35. The number of carbonyl (C=O) groups excluding carboxylic acids is 1. The number of amides is 1. The van der Waals surface area contributed by atoms with Crippen LogP contribution in [0.2, 0.25) is 5.02 Å². The summed E-state index contributed by atoms with van der Waals surface area (Å²) < 4.78 is 13.9. The molecule has 0 radical (unpaired) electrons. The van der Waals surface area contributed by atoms with Gasteiger partial charge in [-0.25, -0.2) is 9.37 Å². The number of pyridine rings is 1. The van der Waals surface area contributed by atoms with Gasteiger partial charge in [0.05, 0.1) is 6.04 Å². The number of benzene rings is 2. The number of nitrogens with one attached hydrogen (secondary N) is 1. The molecule has 1 aliphatic heterocycles. The van der Waals surface area contributed by atoms with Gasteiger partial charge in [0.25, 0.3) is 0 Å². The van der Waals surface area contributed by atoms with Crippen molar-refractivity contribution < 1.29 is 9.18 Å². The zero-order chi connectivity index (χ0) is 23.2. The number of piperazine rings is 1. The molecule has 7 heteroatoms. The summed E-state index contributed by atoms with van der Waals surface area (Å²) in [5.74, 6) is 0.260. The summed E-state index contributed by atoms with van der Waals surface area (Å²) in [7, 11) is 0. The molecule has 0 bridgehead atoms. The lowest BCUT2D eigenvalue weighted by Gasteiger charge is -2.37. The molecule has 0 saturated carbocycles. The minimum atomic E-state index is -0.463. The smallest absolute Gasteiger partial charge is 0.244 e. The number of nitrogens with zero attached hydrogens (tertiary/aromatic N) is 3. The van der Waals surface area contributed by atoms with E-state index in [0.717, 1.165) is 43.2 Å². The van der Waals surface area contributed by atoms with E-state index in [1.54, 1.807) is 12.1 Å². The fourth-order valence-corrected chi connectivity index (χ4v) is 4.03. The van der Waals surface area contributed by atoms with Crippen LogP contribution in [0.3, 0.4) is 0 Å². The van der Waals surface area contributed by atoms with Crippen molar-refractivity contribution in [2.24, 2.45) is 0 Å². The van der Waals surface area contributed by atoms with Crippen LogP contribution < -0.4 is 15.1 Å². The Hall–Kier alpha value is -3.38. The first-order chi connectivity index (χ1) is 16.0. The van der Waals surface area contributed by atoms with Crippen LogP contribution in [-0.2, 0) is 4.79 Å². The minimum Gasteiger partial charge on any atom is -0.368 e. The summed E-state index contributed by atoms with van der Waals surface area (Å²) in [5, 5.41) is 3.27. The fourth-order valence-electron chi connectivity index (χ4n) is 3.87. The molecule has 0 aliphatic carbocycles. The zero-order valence-electron chi connectivity index (χ0n) is 18.4. The van der Waals surface area contributed by atoms with Crippen molar-refractivity contribution in [3.8, 4) is 0 Å². The highest BCUT2D eigenvalue weighted by molar-refractivity contribution is 6.30. The largest absolute Gasteiger partial charge is 0.368 e. The maximum absolute atomic E-state index is 13.9. The molecule has 1 saturated heterocycles. The minimum absolute atomic E-state index is 0.188. The normalized spacial score (nSPS) is 15.0. The van der Waals surface area contributed by atoms with Crippen LogP contribution in [0.5, 0.6) is 0 Å². The number of carbonyl (C=O) groups is 1. The molecule has 33 heavy (non-hydrogen) atoms. The van der Waals surface area contributed by atoms with E-state index < -0.39 is 5.82 Å². The second kappa shape index (κ2) is 10.5. The Morgan fingerprint density at radius 3 is 2.58 bits per heavy atom. The highest BCUT2D eigenvalue weighted by Crippen LogP contribution is 2.23. The van der Waals surface area contributed by atoms with Gasteiger partial charge in [0.15, 0.2) is 0 Å². The second-order valence-corrected chi connectivity index (χ2v) is 8.42. The second-order valence-electron chi connectivity index (χ2n) is 7.99. The summed E-state index contributed by atoms with van der Waals surface area (Å²) >= 11 is 5.77. The van der Waals surface area contributed by atoms with Gasteiger partial charge in [-0.05, 0) is 55.0 Å². The van der Waals surface area contributed by atoms with E-state index >= 15 is 0 Å². The van der Waals surface area contributed by atoms with Crippen molar-refractivity contribution in [3.63, 3.8) is 0 Å². The molecular formula is C26H26ClFN4O. The van der Waals surface area contributed by atoms with Crippen LogP contribution >= 0.6 is 11.6 Å². The van der Waals surface area contributed by atoms with Gasteiger partial charge in [0.1, 0.15) is 11.6 Å². The van der Waals surface area contributed by atoms with Crippen molar-refractivity contribution in [3.05, 3.63) is 94.9 Å². The number of rotatable bonds is 6. The Morgan fingerprint density at radius 2 is 1.85 bits per heavy atom. The predicted octanol–water partition coefficient (Wildman–Crippen LogP) is 5.09. The van der Waals surface area contributed by atoms with E-state index in [2.05, 4.69) is 32.2 Å². The van der Waals surface area contributed by atoms with E-state index in [1.165, 1.54) is 18.2 Å². The first-order valence-electron chi connectivity index (χ1n) is 10.9. The van der Waals surface area contributed by atoms with E-state index in [4.69, 9.17) is 11.6 Å². The molecule has 2 heterocycles. The first kappa shape index (κ1) is 22.8. The summed E-state index contributed by atoms with van der Waals surface area (Å²) in [5.41, 5.74) is 2.46. The van der Waals surface area contributed by atoms with Gasteiger partial charge in [-0.1, -0.05) is 35.9 Å². The molecule has 1 N–H and O–H groups in total. The van der Waals surface area contributed by atoms with E-state index in [1.807, 2.05) is 43.5 Å². The predicted molar refractivity (Wildman–Crippen MR) is 132 cm³/mol. The maximum atomic E-state index is 13.9. The highest BCUT2D eigenvalue weighted by Gasteiger charge is 2.19. The average molecular weight is 465 g/mol. The Morgan fingerprint density at radius 1 is 1.06 bits per heavy atom. The summed E-state index contributed by atoms with van der Waals surface area (Å²) in [6.07, 6.45) is 4.61. The van der Waals surface area contributed by atoms with Gasteiger partial charge in [0, 0.05) is 54.7 Å². The summed E-state index contributed by atoms with van der Waals surface area (Å²) in [6, 6.07) is 18.4. The Bertz CT molecular complexity index is 1130. The van der Waals surface area contributed by atoms with Gasteiger partial charge in [-0.2, -0.15) is 0 Å². The first-order valence-corrected chi connectivity index (χ1v) is 11.3. The molecule has 170 valence electrons. The molecule has 1 aliphatic rings. The van der Waals surface area contributed by atoms with Crippen LogP contribution in [0.4, 0.5) is 15.9 Å². The lowest BCUT2D eigenvalue weighted by molar-refractivity contribution is -0.117. The SMILES string of the molecule is C[C@H](NC(=O)/C=C/c1ccc(Cl)cc1F)c1cccc(N2CCN(c3ccccn3)CC2)c1. The van der Waals surface area contributed by atoms with Gasteiger partial charge < -0.3 is 15.1 Å². The third-order valence-electron chi connectivity index (χ3n) is 5.72. The third-order valence-corrected chi connectivity index (χ3v) is 5.96. The van der Waals surface area contributed by atoms with Crippen LogP contribution in [0, 0.1) is 5.82 Å². The number of aromatic nitrogens is 1. The quantitative estimate of drug-likeness (QED) is 0.516. The van der Waals surface area contributed by atoms with Crippen LogP contribution in [0.15, 0.2) is 72.9 Å². The Kier molecular flexibility index (Phi) is 7.25.